The van der Waals surface area contributed by atoms with Crippen molar-refractivity contribution in [3.8, 4) is 23.0 Å². The van der Waals surface area contributed by atoms with Gasteiger partial charge < -0.3 is 19.5 Å². The number of methoxy groups -OCH3 is 2. The number of anilines is 2. The summed E-state index contributed by atoms with van der Waals surface area (Å²) < 4.78 is 42.4. The van der Waals surface area contributed by atoms with Gasteiger partial charge in [-0.15, -0.1) is 0 Å². The first kappa shape index (κ1) is 26.2. The number of nitrogens with one attached hydrogen (secondary N) is 1. The van der Waals surface area contributed by atoms with Crippen LogP contribution in [0.4, 0.5) is 11.4 Å². The molecule has 3 aromatic carbocycles. The molecule has 0 fully saturated rings. The molecule has 3 rings (SSSR count). The van der Waals surface area contributed by atoms with Gasteiger partial charge in [0.2, 0.25) is 15.9 Å². The van der Waals surface area contributed by atoms with Crippen LogP contribution >= 0.6 is 11.6 Å². The maximum absolute atomic E-state index is 12.7. The summed E-state index contributed by atoms with van der Waals surface area (Å²) in [6, 6.07) is 18.8. The Morgan fingerprint density at radius 2 is 1.69 bits per heavy atom. The number of para-hydroxylation sites is 2. The summed E-state index contributed by atoms with van der Waals surface area (Å²) in [6.07, 6.45) is 1.50. The van der Waals surface area contributed by atoms with E-state index in [9.17, 15) is 13.2 Å². The highest BCUT2D eigenvalue weighted by Gasteiger charge is 2.19. The van der Waals surface area contributed by atoms with Crippen LogP contribution in [0.2, 0.25) is 5.02 Å². The molecule has 0 bridgehead atoms. The van der Waals surface area contributed by atoms with Crippen LogP contribution in [-0.4, -0.2) is 41.3 Å². The van der Waals surface area contributed by atoms with E-state index in [1.165, 1.54) is 18.5 Å². The van der Waals surface area contributed by atoms with E-state index in [4.69, 9.17) is 25.8 Å². The van der Waals surface area contributed by atoms with E-state index < -0.39 is 10.0 Å². The summed E-state index contributed by atoms with van der Waals surface area (Å²) in [5.74, 6) is 1.64. The number of benzene rings is 3. The molecule has 0 aromatic heterocycles. The highest BCUT2D eigenvalue weighted by molar-refractivity contribution is 7.92. The van der Waals surface area contributed by atoms with Crippen molar-refractivity contribution in [3.05, 3.63) is 71.8 Å². The van der Waals surface area contributed by atoms with Gasteiger partial charge in [-0.25, -0.2) is 8.42 Å². The fraction of sp³-hybridized carbons (Fsp3) is 0.240. The summed E-state index contributed by atoms with van der Waals surface area (Å²) in [5.41, 5.74) is 0.857. The van der Waals surface area contributed by atoms with Gasteiger partial charge in [-0.2, -0.15) is 0 Å². The summed E-state index contributed by atoms with van der Waals surface area (Å²) in [6.45, 7) is 0.125. The molecular weight excluding hydrogens is 492 g/mol. The summed E-state index contributed by atoms with van der Waals surface area (Å²) in [7, 11) is -0.507. The minimum Gasteiger partial charge on any atom is -0.497 e. The van der Waals surface area contributed by atoms with Crippen LogP contribution < -0.4 is 23.8 Å². The molecule has 0 radical (unpaired) electrons. The van der Waals surface area contributed by atoms with Gasteiger partial charge in [-0.05, 0) is 48.9 Å². The molecule has 0 atom stereocenters. The van der Waals surface area contributed by atoms with Gasteiger partial charge in [-0.1, -0.05) is 29.8 Å². The Morgan fingerprint density at radius 3 is 2.37 bits per heavy atom. The number of nitrogens with zero attached hydrogens (tertiary/aromatic N) is 1. The molecule has 0 heterocycles. The highest BCUT2D eigenvalue weighted by atomic mass is 35.5. The van der Waals surface area contributed by atoms with Gasteiger partial charge in [0.1, 0.15) is 5.75 Å². The summed E-state index contributed by atoms with van der Waals surface area (Å²) in [5, 5.41) is 3.23. The highest BCUT2D eigenvalue weighted by Crippen LogP contribution is 2.36. The van der Waals surface area contributed by atoms with E-state index >= 15 is 0 Å². The average Bonchev–Trinajstić information content (AvgIpc) is 2.83. The molecule has 1 N–H and O–H groups in total. The average molecular weight is 519 g/mol. The molecular formula is C25H27ClN2O6S. The lowest BCUT2D eigenvalue weighted by Gasteiger charge is -2.22. The lowest BCUT2D eigenvalue weighted by molar-refractivity contribution is -0.116. The fourth-order valence-electron chi connectivity index (χ4n) is 3.36. The first-order chi connectivity index (χ1) is 16.7. The van der Waals surface area contributed by atoms with Gasteiger partial charge in [0.15, 0.2) is 17.2 Å². The summed E-state index contributed by atoms with van der Waals surface area (Å²) in [4.78, 5) is 12.7. The smallest absolute Gasteiger partial charge is 0.232 e. The largest absolute Gasteiger partial charge is 0.497 e. The maximum Gasteiger partial charge on any atom is 0.232 e. The maximum atomic E-state index is 12.7. The molecule has 0 aliphatic rings. The SMILES string of the molecule is COc1cccc(N(CCCC(=O)Nc2cc(Cl)ccc2Oc2ccccc2OC)S(C)(=O)=O)c1. The third-order valence-electron chi connectivity index (χ3n) is 5.01. The van der Waals surface area contributed by atoms with Crippen LogP contribution in [0, 0.1) is 0 Å². The van der Waals surface area contributed by atoms with E-state index in [-0.39, 0.29) is 18.9 Å². The standard InChI is InChI=1S/C25H27ClN2O6S/c1-32-20-9-6-8-19(17-20)28(35(3,30)31)15-7-12-25(29)27-21-16-18(26)13-14-22(21)34-24-11-5-4-10-23(24)33-2/h4-6,8-11,13-14,16-17H,7,12,15H2,1-3H3,(H,27,29). The van der Waals surface area contributed by atoms with Crippen molar-refractivity contribution in [3.63, 3.8) is 0 Å². The van der Waals surface area contributed by atoms with Crippen LogP contribution in [-0.2, 0) is 14.8 Å². The number of amides is 1. The van der Waals surface area contributed by atoms with E-state index in [1.54, 1.807) is 54.6 Å². The molecule has 0 unspecified atom stereocenters. The number of halogens is 1. The Balaban J connectivity index is 1.68. The second kappa shape index (κ2) is 11.8. The number of carbonyl (C=O) groups is 1. The number of ether oxygens (including phenoxy) is 3. The topological polar surface area (TPSA) is 94.2 Å². The van der Waals surface area contributed by atoms with Crippen molar-refractivity contribution >= 4 is 38.9 Å². The van der Waals surface area contributed by atoms with E-state index in [1.807, 2.05) is 12.1 Å². The Kier molecular flexibility index (Phi) is 8.84. The number of sulfonamides is 1. The van der Waals surface area contributed by atoms with Crippen molar-refractivity contribution in [2.45, 2.75) is 12.8 Å². The van der Waals surface area contributed by atoms with Crippen molar-refractivity contribution < 1.29 is 27.4 Å². The first-order valence-corrected chi connectivity index (χ1v) is 13.0. The predicted molar refractivity (Wildman–Crippen MR) is 138 cm³/mol. The second-order valence-corrected chi connectivity index (χ2v) is 9.92. The van der Waals surface area contributed by atoms with Crippen molar-refractivity contribution in [2.24, 2.45) is 0 Å². The zero-order chi connectivity index (χ0) is 25.4. The van der Waals surface area contributed by atoms with Crippen LogP contribution in [0.25, 0.3) is 0 Å². The minimum absolute atomic E-state index is 0.0800. The molecule has 0 aliphatic carbocycles. The molecule has 186 valence electrons. The number of rotatable bonds is 11. The Morgan fingerprint density at radius 1 is 0.943 bits per heavy atom. The molecule has 0 aliphatic heterocycles. The molecule has 1 amide bonds. The van der Waals surface area contributed by atoms with E-state index in [2.05, 4.69) is 5.32 Å². The Labute approximate surface area is 210 Å². The second-order valence-electron chi connectivity index (χ2n) is 7.58. The van der Waals surface area contributed by atoms with Gasteiger partial charge in [0.05, 0.1) is 31.9 Å². The van der Waals surface area contributed by atoms with E-state index in [0.717, 1.165) is 6.26 Å². The zero-order valence-corrected chi connectivity index (χ0v) is 21.2. The molecule has 0 saturated carbocycles. The molecule has 35 heavy (non-hydrogen) atoms. The van der Waals surface area contributed by atoms with Crippen molar-refractivity contribution in [1.29, 1.82) is 0 Å². The van der Waals surface area contributed by atoms with Crippen molar-refractivity contribution in [1.82, 2.24) is 0 Å². The predicted octanol–water partition coefficient (Wildman–Crippen LogP) is 5.33. The lowest BCUT2D eigenvalue weighted by Crippen LogP contribution is -2.31. The molecule has 8 nitrogen and oxygen atoms in total. The summed E-state index contributed by atoms with van der Waals surface area (Å²) >= 11 is 6.14. The van der Waals surface area contributed by atoms with E-state index in [0.29, 0.717) is 45.8 Å². The van der Waals surface area contributed by atoms with Crippen LogP contribution in [0.1, 0.15) is 12.8 Å². The van der Waals surface area contributed by atoms with Gasteiger partial charge in [0, 0.05) is 24.1 Å². The van der Waals surface area contributed by atoms with Crippen LogP contribution in [0.15, 0.2) is 66.7 Å². The quantitative estimate of drug-likeness (QED) is 0.368. The number of hydrogen-bond donors (Lipinski definition) is 1. The monoisotopic (exact) mass is 518 g/mol. The fourth-order valence-corrected chi connectivity index (χ4v) is 4.49. The van der Waals surface area contributed by atoms with Gasteiger partial charge in [-0.3, -0.25) is 9.10 Å². The number of carbonyl (C=O) groups excluding carboxylic acids is 1. The molecule has 10 heteroatoms. The minimum atomic E-state index is -3.56. The third-order valence-corrected chi connectivity index (χ3v) is 6.44. The van der Waals surface area contributed by atoms with Crippen LogP contribution in [0.3, 0.4) is 0 Å². The molecule has 0 saturated heterocycles. The number of hydrogen-bond acceptors (Lipinski definition) is 6. The van der Waals surface area contributed by atoms with Gasteiger partial charge >= 0.3 is 0 Å². The molecule has 3 aromatic rings. The lowest BCUT2D eigenvalue weighted by atomic mass is 10.2. The third kappa shape index (κ3) is 7.27. The Bertz CT molecular complexity index is 1280. The first-order valence-electron chi connectivity index (χ1n) is 10.7. The Hall–Kier alpha value is -3.43. The van der Waals surface area contributed by atoms with Crippen molar-refractivity contribution in [2.75, 3.05) is 36.6 Å². The normalized spacial score (nSPS) is 11.0. The van der Waals surface area contributed by atoms with Gasteiger partial charge in [0.25, 0.3) is 0 Å². The zero-order valence-electron chi connectivity index (χ0n) is 19.7. The van der Waals surface area contributed by atoms with Crippen LogP contribution in [0.5, 0.6) is 23.0 Å². The molecule has 0 spiro atoms.